The van der Waals surface area contributed by atoms with Gasteiger partial charge in [-0.05, 0) is 48.9 Å². The first-order chi connectivity index (χ1) is 15.4. The third-order valence-corrected chi connectivity index (χ3v) is 5.38. The Morgan fingerprint density at radius 3 is 2.62 bits per heavy atom. The molecule has 0 radical (unpaired) electrons. The van der Waals surface area contributed by atoms with Gasteiger partial charge < -0.3 is 19.0 Å². The van der Waals surface area contributed by atoms with Crippen molar-refractivity contribution in [3.8, 4) is 5.75 Å². The van der Waals surface area contributed by atoms with Crippen LogP contribution in [0.5, 0.6) is 5.75 Å². The Kier molecular flexibility index (Phi) is 5.94. The molecule has 0 amide bonds. The minimum Gasteiger partial charge on any atom is -0.479 e. The van der Waals surface area contributed by atoms with Crippen molar-refractivity contribution < 1.29 is 19.4 Å². The lowest BCUT2D eigenvalue weighted by atomic mass is 10.2. The van der Waals surface area contributed by atoms with E-state index in [-0.39, 0.29) is 5.78 Å². The minimum atomic E-state index is -1.01. The number of aliphatic carboxylic acids is 1. The third-order valence-electron chi connectivity index (χ3n) is 5.38. The van der Waals surface area contributed by atoms with Crippen LogP contribution in [0, 0.1) is 0 Å². The summed E-state index contributed by atoms with van der Waals surface area (Å²) in [6, 6.07) is 20.8. The highest BCUT2D eigenvalue weighted by atomic mass is 16.5. The second-order valence-corrected chi connectivity index (χ2v) is 7.60. The van der Waals surface area contributed by atoms with Crippen LogP contribution in [0.25, 0.3) is 17.0 Å². The molecule has 4 rings (SSSR count). The van der Waals surface area contributed by atoms with Gasteiger partial charge in [-0.15, -0.1) is 0 Å². The maximum Gasteiger partial charge on any atom is 0.344 e. The zero-order valence-corrected chi connectivity index (χ0v) is 17.9. The monoisotopic (exact) mass is 428 g/mol. The molecule has 0 saturated heterocycles. The average molecular weight is 428 g/mol. The lowest BCUT2D eigenvalue weighted by molar-refractivity contribution is -0.144. The third kappa shape index (κ3) is 4.34. The molecule has 162 valence electrons. The van der Waals surface area contributed by atoms with Crippen LogP contribution in [0.3, 0.4) is 0 Å². The summed E-state index contributed by atoms with van der Waals surface area (Å²) in [4.78, 5) is 24.2. The molecule has 1 atom stereocenters. The molecule has 4 aromatic rings. The number of hydrogen-bond acceptors (Lipinski definition) is 3. The number of carboxylic acids is 1. The topological polar surface area (TPSA) is 73.5 Å². The Morgan fingerprint density at radius 2 is 1.84 bits per heavy atom. The van der Waals surface area contributed by atoms with Crippen LogP contribution in [0.1, 0.15) is 28.7 Å². The van der Waals surface area contributed by atoms with E-state index >= 15 is 0 Å². The predicted octanol–water partition coefficient (Wildman–Crippen LogP) is 4.78. The molecule has 2 aromatic carbocycles. The molecule has 32 heavy (non-hydrogen) atoms. The SMILES string of the molecule is C[C@H](Oc1cccc(C=CCn2cccc2C(=O)c2cc3ccccc3n2C)c1)C(=O)O. The number of ketones is 1. The first-order valence-electron chi connectivity index (χ1n) is 10.3. The first kappa shape index (κ1) is 21.2. The Balaban J connectivity index is 1.50. The fraction of sp³-hybridized carbons (Fsp3) is 0.154. The summed E-state index contributed by atoms with van der Waals surface area (Å²) in [5, 5.41) is 10.0. The molecule has 0 spiro atoms. The molecule has 0 saturated carbocycles. The number of carboxylic acid groups (broad SMARTS) is 1. The van der Waals surface area contributed by atoms with Gasteiger partial charge in [0.2, 0.25) is 5.78 Å². The molecule has 0 unspecified atom stereocenters. The highest BCUT2D eigenvalue weighted by Crippen LogP contribution is 2.21. The molecule has 6 nitrogen and oxygen atoms in total. The number of nitrogens with zero attached hydrogens (tertiary/aromatic N) is 2. The van der Waals surface area contributed by atoms with Gasteiger partial charge in [0.15, 0.2) is 6.10 Å². The van der Waals surface area contributed by atoms with E-state index in [0.717, 1.165) is 16.5 Å². The number of carbonyl (C=O) groups excluding carboxylic acids is 1. The number of para-hydroxylation sites is 1. The van der Waals surface area contributed by atoms with Gasteiger partial charge in [-0.1, -0.05) is 42.5 Å². The van der Waals surface area contributed by atoms with Gasteiger partial charge in [0.1, 0.15) is 5.75 Å². The van der Waals surface area contributed by atoms with Crippen LogP contribution in [-0.4, -0.2) is 32.1 Å². The van der Waals surface area contributed by atoms with E-state index in [4.69, 9.17) is 9.84 Å². The zero-order valence-electron chi connectivity index (χ0n) is 17.9. The number of carbonyl (C=O) groups is 2. The summed E-state index contributed by atoms with van der Waals surface area (Å²) < 4.78 is 9.25. The van der Waals surface area contributed by atoms with Crippen molar-refractivity contribution in [2.75, 3.05) is 0 Å². The van der Waals surface area contributed by atoms with Gasteiger partial charge in [0.25, 0.3) is 0 Å². The lowest BCUT2D eigenvalue weighted by Gasteiger charge is -2.10. The molecule has 0 aliphatic rings. The highest BCUT2D eigenvalue weighted by Gasteiger charge is 2.18. The molecule has 0 aliphatic heterocycles. The van der Waals surface area contributed by atoms with E-state index in [9.17, 15) is 9.59 Å². The number of fused-ring (bicyclic) bond motifs is 1. The molecule has 6 heteroatoms. The van der Waals surface area contributed by atoms with E-state index in [2.05, 4.69) is 0 Å². The Hall–Kier alpha value is -4.06. The summed E-state index contributed by atoms with van der Waals surface area (Å²) in [6.07, 6.45) is 4.84. The first-order valence-corrected chi connectivity index (χ1v) is 10.3. The number of aromatic nitrogens is 2. The summed E-state index contributed by atoms with van der Waals surface area (Å²) in [5.41, 5.74) is 3.17. The van der Waals surface area contributed by atoms with Crippen LogP contribution in [0.15, 0.2) is 79.0 Å². The summed E-state index contributed by atoms with van der Waals surface area (Å²) in [6.45, 7) is 2.01. The van der Waals surface area contributed by atoms with E-state index in [1.165, 1.54) is 6.92 Å². The van der Waals surface area contributed by atoms with Crippen molar-refractivity contribution in [1.29, 1.82) is 0 Å². The van der Waals surface area contributed by atoms with Crippen LogP contribution in [0.2, 0.25) is 0 Å². The second kappa shape index (κ2) is 8.98. The number of benzene rings is 2. The van der Waals surface area contributed by atoms with Crippen LogP contribution >= 0.6 is 0 Å². The van der Waals surface area contributed by atoms with Crippen molar-refractivity contribution >= 4 is 28.7 Å². The zero-order chi connectivity index (χ0) is 22.7. The molecule has 0 bridgehead atoms. The van der Waals surface area contributed by atoms with Crippen molar-refractivity contribution in [2.24, 2.45) is 7.05 Å². The summed E-state index contributed by atoms with van der Waals surface area (Å²) in [5.74, 6) is -0.545. The van der Waals surface area contributed by atoms with E-state index in [0.29, 0.717) is 23.7 Å². The number of allylic oxidation sites excluding steroid dienone is 1. The maximum absolute atomic E-state index is 13.2. The number of ether oxygens (including phenoxy) is 1. The van der Waals surface area contributed by atoms with Crippen LogP contribution in [-0.2, 0) is 18.4 Å². The predicted molar refractivity (Wildman–Crippen MR) is 124 cm³/mol. The average Bonchev–Trinajstić information content (AvgIpc) is 3.38. The van der Waals surface area contributed by atoms with Gasteiger partial charge in [-0.25, -0.2) is 4.79 Å². The van der Waals surface area contributed by atoms with Crippen molar-refractivity contribution in [1.82, 2.24) is 9.13 Å². The minimum absolute atomic E-state index is 0.0276. The standard InChI is InChI=1S/C26H24N2O4/c1-18(26(30)31)32-21-11-5-8-19(16-21)9-6-14-28-15-7-13-23(28)25(29)24-17-20-10-3-4-12-22(20)27(24)2/h3-13,15-18H,14H2,1-2H3,(H,30,31)/t18-/m0/s1. The van der Waals surface area contributed by atoms with Gasteiger partial charge in [-0.3, -0.25) is 4.79 Å². The second-order valence-electron chi connectivity index (χ2n) is 7.60. The van der Waals surface area contributed by atoms with Crippen molar-refractivity contribution in [3.63, 3.8) is 0 Å². The Bertz CT molecular complexity index is 1310. The highest BCUT2D eigenvalue weighted by molar-refractivity contribution is 6.09. The van der Waals surface area contributed by atoms with E-state index in [1.54, 1.807) is 12.1 Å². The fourth-order valence-electron chi connectivity index (χ4n) is 3.67. The molecule has 1 N–H and O–H groups in total. The van der Waals surface area contributed by atoms with E-state index in [1.807, 2.05) is 89.1 Å². The molecule has 0 aliphatic carbocycles. The summed E-state index contributed by atoms with van der Waals surface area (Å²) >= 11 is 0. The largest absolute Gasteiger partial charge is 0.479 e. The lowest BCUT2D eigenvalue weighted by Crippen LogP contribution is -2.22. The maximum atomic E-state index is 13.2. The Morgan fingerprint density at radius 1 is 1.03 bits per heavy atom. The normalized spacial score (nSPS) is 12.3. The van der Waals surface area contributed by atoms with E-state index < -0.39 is 12.1 Å². The molecular formula is C26H24N2O4. The number of hydrogen-bond donors (Lipinski definition) is 1. The van der Waals surface area contributed by atoms with Crippen molar-refractivity contribution in [3.05, 3.63) is 96.0 Å². The number of aryl methyl sites for hydroxylation is 1. The van der Waals surface area contributed by atoms with Crippen molar-refractivity contribution in [2.45, 2.75) is 19.6 Å². The number of rotatable bonds is 8. The molecule has 0 fully saturated rings. The molecule has 2 heterocycles. The molecular weight excluding hydrogens is 404 g/mol. The Labute approximate surface area is 186 Å². The van der Waals surface area contributed by atoms with Gasteiger partial charge in [0.05, 0.1) is 11.4 Å². The van der Waals surface area contributed by atoms with Crippen LogP contribution in [0.4, 0.5) is 0 Å². The van der Waals surface area contributed by atoms with Gasteiger partial charge in [-0.2, -0.15) is 0 Å². The fourth-order valence-corrected chi connectivity index (χ4v) is 3.67. The van der Waals surface area contributed by atoms with Gasteiger partial charge in [0, 0.05) is 30.7 Å². The van der Waals surface area contributed by atoms with Crippen LogP contribution < -0.4 is 4.74 Å². The molecule has 2 aromatic heterocycles. The smallest absolute Gasteiger partial charge is 0.344 e. The quantitative estimate of drug-likeness (QED) is 0.410. The summed E-state index contributed by atoms with van der Waals surface area (Å²) in [7, 11) is 1.91. The van der Waals surface area contributed by atoms with Gasteiger partial charge >= 0.3 is 5.97 Å².